The number of aryl methyl sites for hydroxylation is 6. The van der Waals surface area contributed by atoms with E-state index in [1.807, 2.05) is 0 Å². The Bertz CT molecular complexity index is 2360. The summed E-state index contributed by atoms with van der Waals surface area (Å²) < 4.78 is 0. The Hall–Kier alpha value is -6.70. The van der Waals surface area contributed by atoms with Crippen molar-refractivity contribution in [1.29, 1.82) is 0 Å². The lowest BCUT2D eigenvalue weighted by Gasteiger charge is -2.27. The van der Waals surface area contributed by atoms with Crippen LogP contribution in [0.4, 0.5) is 17.1 Å². The Balaban J connectivity index is 1.08. The Morgan fingerprint density at radius 1 is 0.373 bits per heavy atom. The minimum Gasteiger partial charge on any atom is -0.310 e. The lowest BCUT2D eigenvalue weighted by atomic mass is 9.91. The fraction of sp³-hybridized carbons (Fsp3) is 0.138. The Morgan fingerprint density at radius 3 is 1.08 bits per heavy atom. The van der Waals surface area contributed by atoms with Gasteiger partial charge in [0.05, 0.1) is 0 Å². The number of hydrogen-bond acceptors (Lipinski definition) is 1. The van der Waals surface area contributed by atoms with E-state index in [0.717, 1.165) is 28.9 Å². The summed E-state index contributed by atoms with van der Waals surface area (Å²) in [6, 6.07) is 60.2. The average molecular weight is 764 g/mol. The van der Waals surface area contributed by atoms with Crippen LogP contribution in [0.5, 0.6) is 0 Å². The summed E-state index contributed by atoms with van der Waals surface area (Å²) in [4.78, 5) is 2.40. The summed E-state index contributed by atoms with van der Waals surface area (Å²) in [7, 11) is 0. The van der Waals surface area contributed by atoms with E-state index in [9.17, 15) is 0 Å². The molecular formula is C58H53N. The monoisotopic (exact) mass is 763 g/mol. The second-order valence-electron chi connectivity index (χ2n) is 16.0. The lowest BCUT2D eigenvalue weighted by molar-refractivity contribution is 0.685. The van der Waals surface area contributed by atoms with Gasteiger partial charge in [0.1, 0.15) is 0 Å². The molecule has 1 aliphatic rings. The van der Waals surface area contributed by atoms with Crippen molar-refractivity contribution in [1.82, 2.24) is 0 Å². The van der Waals surface area contributed by atoms with Gasteiger partial charge in [-0.3, -0.25) is 0 Å². The molecule has 1 heteroatoms. The van der Waals surface area contributed by atoms with E-state index in [4.69, 9.17) is 0 Å². The molecular weight excluding hydrogens is 711 g/mol. The molecule has 1 nitrogen and oxygen atoms in total. The molecule has 0 heterocycles. The summed E-state index contributed by atoms with van der Waals surface area (Å²) in [5.41, 5.74) is 21.1. The SMILES string of the molecule is Cc1ccc(C(=C/C=C/c2ccc(N(c3ccc(/C=C/C=C(c4ccc(C)cc4)c4ccc(C)cc4)cc3)c3ccc4c(c3)CCCC4)cc2)c2ccc(C)cc2)cc1. The van der Waals surface area contributed by atoms with Crippen molar-refractivity contribution in [3.63, 3.8) is 0 Å². The minimum absolute atomic E-state index is 1.14. The number of anilines is 3. The molecule has 0 fully saturated rings. The standard InChI is InChI=1S/C58H53N/c1-42-15-27-49(28-16-42)57(50-29-17-43(2)18-30-50)13-7-9-46-23-36-54(37-24-46)59(56-40-35-48-11-5-6-12-53(48)41-56)55-38-25-47(26-39-55)10-8-14-58(51-31-19-44(3)20-32-51)52-33-21-45(4)22-34-52/h7-10,13-41H,5-6,11-12H2,1-4H3/b9-7+,10-8+. The highest BCUT2D eigenvalue weighted by Gasteiger charge is 2.16. The first-order valence-corrected chi connectivity index (χ1v) is 21.0. The number of nitrogens with zero attached hydrogens (tertiary/aromatic N) is 1. The molecule has 0 amide bonds. The van der Waals surface area contributed by atoms with Gasteiger partial charge in [0.2, 0.25) is 0 Å². The summed E-state index contributed by atoms with van der Waals surface area (Å²) in [5.74, 6) is 0. The second-order valence-corrected chi connectivity index (χ2v) is 16.0. The fourth-order valence-corrected chi connectivity index (χ4v) is 7.94. The molecule has 0 unspecified atom stereocenters. The van der Waals surface area contributed by atoms with Gasteiger partial charge in [0.25, 0.3) is 0 Å². The maximum atomic E-state index is 2.42. The Labute approximate surface area is 352 Å². The molecule has 8 rings (SSSR count). The molecule has 0 N–H and O–H groups in total. The van der Waals surface area contributed by atoms with Gasteiger partial charge in [-0.1, -0.05) is 186 Å². The first-order chi connectivity index (χ1) is 28.9. The van der Waals surface area contributed by atoms with E-state index in [-0.39, 0.29) is 0 Å². The molecule has 7 aromatic rings. The molecule has 1 aliphatic carbocycles. The lowest BCUT2D eigenvalue weighted by Crippen LogP contribution is -2.12. The largest absolute Gasteiger partial charge is 0.310 e. The van der Waals surface area contributed by atoms with Crippen LogP contribution < -0.4 is 4.90 Å². The van der Waals surface area contributed by atoms with Crippen molar-refractivity contribution in [2.75, 3.05) is 4.90 Å². The van der Waals surface area contributed by atoms with Gasteiger partial charge < -0.3 is 4.90 Å². The van der Waals surface area contributed by atoms with Crippen molar-refractivity contribution in [3.8, 4) is 0 Å². The summed E-state index contributed by atoms with van der Waals surface area (Å²) >= 11 is 0. The number of rotatable bonds is 11. The maximum absolute atomic E-state index is 2.42. The fourth-order valence-electron chi connectivity index (χ4n) is 7.94. The van der Waals surface area contributed by atoms with Crippen LogP contribution in [0, 0.1) is 27.7 Å². The van der Waals surface area contributed by atoms with Crippen LogP contribution in [0.3, 0.4) is 0 Å². The third-order valence-electron chi connectivity index (χ3n) is 11.4. The molecule has 0 radical (unpaired) electrons. The molecule has 0 atom stereocenters. The van der Waals surface area contributed by atoms with E-state index >= 15 is 0 Å². The van der Waals surface area contributed by atoms with Crippen LogP contribution in [0.25, 0.3) is 23.3 Å². The third-order valence-corrected chi connectivity index (χ3v) is 11.4. The molecule has 59 heavy (non-hydrogen) atoms. The topological polar surface area (TPSA) is 3.24 Å². The quantitative estimate of drug-likeness (QED) is 0.119. The molecule has 7 aromatic carbocycles. The molecule has 0 aromatic heterocycles. The number of hydrogen-bond donors (Lipinski definition) is 0. The van der Waals surface area contributed by atoms with Gasteiger partial charge in [-0.15, -0.1) is 0 Å². The smallest absolute Gasteiger partial charge is 0.0464 e. The van der Waals surface area contributed by atoms with Crippen molar-refractivity contribution >= 4 is 40.4 Å². The van der Waals surface area contributed by atoms with Crippen molar-refractivity contribution in [3.05, 3.63) is 255 Å². The first kappa shape index (κ1) is 39.1. The zero-order valence-corrected chi connectivity index (χ0v) is 34.8. The zero-order chi connectivity index (χ0) is 40.6. The number of benzene rings is 7. The highest BCUT2D eigenvalue weighted by atomic mass is 15.1. The molecule has 0 aliphatic heterocycles. The minimum atomic E-state index is 1.14. The van der Waals surface area contributed by atoms with Crippen molar-refractivity contribution in [2.45, 2.75) is 53.4 Å². The van der Waals surface area contributed by atoms with Crippen molar-refractivity contribution < 1.29 is 0 Å². The highest BCUT2D eigenvalue weighted by molar-refractivity contribution is 5.83. The zero-order valence-electron chi connectivity index (χ0n) is 34.8. The van der Waals surface area contributed by atoms with Gasteiger partial charge in [-0.2, -0.15) is 0 Å². The van der Waals surface area contributed by atoms with E-state index < -0.39 is 0 Å². The predicted octanol–water partition coefficient (Wildman–Crippen LogP) is 15.6. The normalized spacial score (nSPS) is 12.3. The maximum Gasteiger partial charge on any atom is 0.0464 e. The van der Waals surface area contributed by atoms with Crippen LogP contribution in [-0.2, 0) is 12.8 Å². The van der Waals surface area contributed by atoms with E-state index in [1.54, 1.807) is 0 Å². The van der Waals surface area contributed by atoms with Crippen LogP contribution in [0.15, 0.2) is 188 Å². The van der Waals surface area contributed by atoms with Gasteiger partial charge in [0, 0.05) is 17.1 Å². The van der Waals surface area contributed by atoms with Gasteiger partial charge in [-0.25, -0.2) is 0 Å². The molecule has 0 saturated heterocycles. The van der Waals surface area contributed by atoms with E-state index in [0.29, 0.717) is 0 Å². The molecule has 290 valence electrons. The summed E-state index contributed by atoms with van der Waals surface area (Å²) in [5, 5.41) is 0. The number of allylic oxidation sites excluding steroid dienone is 4. The average Bonchev–Trinajstić information content (AvgIpc) is 3.27. The van der Waals surface area contributed by atoms with Crippen LogP contribution in [-0.4, -0.2) is 0 Å². The van der Waals surface area contributed by atoms with E-state index in [1.165, 1.54) is 91.7 Å². The molecule has 0 bridgehead atoms. The van der Waals surface area contributed by atoms with E-state index in [2.05, 4.69) is 233 Å². The first-order valence-electron chi connectivity index (χ1n) is 21.0. The highest BCUT2D eigenvalue weighted by Crippen LogP contribution is 2.37. The van der Waals surface area contributed by atoms with Gasteiger partial charge in [-0.05, 0) is 145 Å². The Morgan fingerprint density at radius 2 is 0.712 bits per heavy atom. The predicted molar refractivity (Wildman–Crippen MR) is 255 cm³/mol. The van der Waals surface area contributed by atoms with Crippen LogP contribution >= 0.6 is 0 Å². The Kier molecular flexibility index (Phi) is 12.1. The summed E-state index contributed by atoms with van der Waals surface area (Å²) in [6.45, 7) is 8.54. The van der Waals surface area contributed by atoms with Crippen molar-refractivity contribution in [2.24, 2.45) is 0 Å². The molecule has 0 spiro atoms. The van der Waals surface area contributed by atoms with Crippen LogP contribution in [0.1, 0.15) is 79.6 Å². The third kappa shape index (κ3) is 9.71. The summed E-state index contributed by atoms with van der Waals surface area (Å²) in [6.07, 6.45) is 18.1. The van der Waals surface area contributed by atoms with Crippen LogP contribution in [0.2, 0.25) is 0 Å². The number of fused-ring (bicyclic) bond motifs is 1. The van der Waals surface area contributed by atoms with Gasteiger partial charge in [0.15, 0.2) is 0 Å². The second kappa shape index (κ2) is 18.3. The van der Waals surface area contributed by atoms with Gasteiger partial charge >= 0.3 is 0 Å². The molecule has 0 saturated carbocycles.